The van der Waals surface area contributed by atoms with E-state index in [1.807, 2.05) is 30.3 Å². The first-order valence-corrected chi connectivity index (χ1v) is 9.45. The van der Waals surface area contributed by atoms with Gasteiger partial charge < -0.3 is 9.64 Å². The minimum absolute atomic E-state index is 0.0566. The van der Waals surface area contributed by atoms with E-state index in [1.165, 1.54) is 25.9 Å². The molecular formula is C21H29NO2. The van der Waals surface area contributed by atoms with Crippen LogP contribution >= 0.6 is 0 Å². The van der Waals surface area contributed by atoms with Crippen molar-refractivity contribution in [2.45, 2.75) is 44.4 Å². The van der Waals surface area contributed by atoms with E-state index in [4.69, 9.17) is 4.74 Å². The number of benzene rings is 1. The van der Waals surface area contributed by atoms with Crippen molar-refractivity contribution in [2.75, 3.05) is 26.2 Å². The SMILES string of the molecule is O=C(OCCCCN1CCCC1)C(c1ccccc1)C1C=CCC1. The van der Waals surface area contributed by atoms with Crippen molar-refractivity contribution in [1.29, 1.82) is 0 Å². The molecule has 0 bridgehead atoms. The van der Waals surface area contributed by atoms with Gasteiger partial charge in [-0.15, -0.1) is 0 Å². The van der Waals surface area contributed by atoms with Crippen LogP contribution in [-0.4, -0.2) is 37.1 Å². The van der Waals surface area contributed by atoms with Crippen LogP contribution in [0.4, 0.5) is 0 Å². The number of rotatable bonds is 8. The molecule has 0 spiro atoms. The first-order valence-electron chi connectivity index (χ1n) is 9.45. The van der Waals surface area contributed by atoms with Gasteiger partial charge in [-0.2, -0.15) is 0 Å². The molecule has 0 radical (unpaired) electrons. The zero-order valence-electron chi connectivity index (χ0n) is 14.5. The van der Waals surface area contributed by atoms with E-state index in [0.717, 1.165) is 37.8 Å². The van der Waals surface area contributed by atoms with E-state index in [9.17, 15) is 4.79 Å². The van der Waals surface area contributed by atoms with Gasteiger partial charge in [-0.3, -0.25) is 4.79 Å². The predicted octanol–water partition coefficient (Wildman–Crippen LogP) is 4.16. The number of nitrogens with zero attached hydrogens (tertiary/aromatic N) is 1. The second kappa shape index (κ2) is 9.03. The van der Waals surface area contributed by atoms with Crippen LogP contribution in [0.1, 0.15) is 50.0 Å². The summed E-state index contributed by atoms with van der Waals surface area (Å²) in [6.45, 7) is 4.17. The molecule has 130 valence electrons. The molecule has 3 rings (SSSR count). The predicted molar refractivity (Wildman–Crippen MR) is 96.9 cm³/mol. The molecule has 0 N–H and O–H groups in total. The Bertz CT molecular complexity index is 534. The minimum Gasteiger partial charge on any atom is -0.465 e. The van der Waals surface area contributed by atoms with Gasteiger partial charge in [0.25, 0.3) is 0 Å². The molecule has 1 heterocycles. The molecule has 2 aliphatic rings. The first kappa shape index (κ1) is 17.2. The molecule has 2 atom stereocenters. The van der Waals surface area contributed by atoms with Crippen LogP contribution in [0, 0.1) is 5.92 Å². The summed E-state index contributed by atoms with van der Waals surface area (Å²) in [6.07, 6.45) is 11.2. The fraction of sp³-hybridized carbons (Fsp3) is 0.571. The highest BCUT2D eigenvalue weighted by Gasteiger charge is 2.30. The van der Waals surface area contributed by atoms with E-state index < -0.39 is 0 Å². The Labute approximate surface area is 145 Å². The molecule has 0 saturated carbocycles. The lowest BCUT2D eigenvalue weighted by molar-refractivity contribution is -0.146. The molecule has 2 unspecified atom stereocenters. The third kappa shape index (κ3) is 4.70. The van der Waals surface area contributed by atoms with E-state index in [1.54, 1.807) is 0 Å². The Morgan fingerprint density at radius 1 is 1.17 bits per heavy atom. The highest BCUT2D eigenvalue weighted by atomic mass is 16.5. The third-order valence-electron chi connectivity index (χ3n) is 5.20. The normalized spacial score (nSPS) is 21.9. The van der Waals surface area contributed by atoms with Gasteiger partial charge in [0.15, 0.2) is 0 Å². The second-order valence-corrected chi connectivity index (χ2v) is 6.98. The summed E-state index contributed by atoms with van der Waals surface area (Å²) in [6, 6.07) is 10.1. The molecule has 0 amide bonds. The van der Waals surface area contributed by atoms with Crippen LogP contribution in [0.3, 0.4) is 0 Å². The van der Waals surface area contributed by atoms with Crippen LogP contribution in [0.25, 0.3) is 0 Å². The van der Waals surface area contributed by atoms with Crippen molar-refractivity contribution >= 4 is 5.97 Å². The highest BCUT2D eigenvalue weighted by molar-refractivity contribution is 5.79. The Morgan fingerprint density at radius 3 is 2.67 bits per heavy atom. The number of unbranched alkanes of at least 4 members (excludes halogenated alkanes) is 1. The summed E-state index contributed by atoms with van der Waals surface area (Å²) in [5.74, 6) is 0.0759. The van der Waals surface area contributed by atoms with Crippen molar-refractivity contribution in [2.24, 2.45) is 5.92 Å². The average Bonchev–Trinajstić information content (AvgIpc) is 3.30. The summed E-state index contributed by atoms with van der Waals surface area (Å²) >= 11 is 0. The lowest BCUT2D eigenvalue weighted by atomic mass is 9.85. The molecule has 3 heteroatoms. The lowest BCUT2D eigenvalue weighted by Gasteiger charge is -2.21. The maximum atomic E-state index is 12.7. The Hall–Kier alpha value is -1.61. The summed E-state index contributed by atoms with van der Waals surface area (Å²) in [4.78, 5) is 15.2. The fourth-order valence-corrected chi connectivity index (χ4v) is 3.86. The molecule has 24 heavy (non-hydrogen) atoms. The van der Waals surface area contributed by atoms with Gasteiger partial charge in [-0.05, 0) is 69.6 Å². The zero-order chi connectivity index (χ0) is 16.6. The lowest BCUT2D eigenvalue weighted by Crippen LogP contribution is -2.23. The van der Waals surface area contributed by atoms with E-state index in [2.05, 4.69) is 17.1 Å². The largest absolute Gasteiger partial charge is 0.465 e. The number of carbonyl (C=O) groups is 1. The highest BCUT2D eigenvalue weighted by Crippen LogP contribution is 2.34. The van der Waals surface area contributed by atoms with Crippen LogP contribution in [-0.2, 0) is 9.53 Å². The molecular weight excluding hydrogens is 298 g/mol. The number of hydrogen-bond donors (Lipinski definition) is 0. The molecule has 3 nitrogen and oxygen atoms in total. The third-order valence-corrected chi connectivity index (χ3v) is 5.20. The smallest absolute Gasteiger partial charge is 0.314 e. The van der Waals surface area contributed by atoms with Crippen molar-refractivity contribution < 1.29 is 9.53 Å². The second-order valence-electron chi connectivity index (χ2n) is 6.98. The maximum absolute atomic E-state index is 12.7. The molecule has 1 saturated heterocycles. The van der Waals surface area contributed by atoms with E-state index >= 15 is 0 Å². The van der Waals surface area contributed by atoms with E-state index in [-0.39, 0.29) is 17.8 Å². The Morgan fingerprint density at radius 2 is 1.96 bits per heavy atom. The minimum atomic E-state index is -0.150. The topological polar surface area (TPSA) is 29.5 Å². The molecule has 1 aromatic rings. The fourth-order valence-electron chi connectivity index (χ4n) is 3.86. The van der Waals surface area contributed by atoms with Gasteiger partial charge in [0.05, 0.1) is 12.5 Å². The maximum Gasteiger partial charge on any atom is 0.314 e. The molecule has 1 fully saturated rings. The molecule has 1 aromatic carbocycles. The zero-order valence-corrected chi connectivity index (χ0v) is 14.5. The Kier molecular flexibility index (Phi) is 6.48. The van der Waals surface area contributed by atoms with Gasteiger partial charge in [-0.25, -0.2) is 0 Å². The van der Waals surface area contributed by atoms with Crippen LogP contribution in [0.5, 0.6) is 0 Å². The summed E-state index contributed by atoms with van der Waals surface area (Å²) in [5.41, 5.74) is 1.08. The number of esters is 1. The van der Waals surface area contributed by atoms with Crippen molar-refractivity contribution in [3.05, 3.63) is 48.0 Å². The van der Waals surface area contributed by atoms with Gasteiger partial charge in [0, 0.05) is 0 Å². The monoisotopic (exact) mass is 327 g/mol. The standard InChI is InChI=1S/C21H29NO2/c23-21(24-17-9-8-16-22-14-6-7-15-22)20(19-12-4-5-13-19)18-10-2-1-3-11-18/h1-4,10-12,19-20H,5-9,13-17H2. The first-order chi connectivity index (χ1) is 11.8. The van der Waals surface area contributed by atoms with E-state index in [0.29, 0.717) is 6.61 Å². The van der Waals surface area contributed by atoms with Gasteiger partial charge in [-0.1, -0.05) is 42.5 Å². The Balaban J connectivity index is 1.47. The van der Waals surface area contributed by atoms with Crippen molar-refractivity contribution in [3.8, 4) is 0 Å². The summed E-state index contributed by atoms with van der Waals surface area (Å²) in [5, 5.41) is 0. The molecule has 1 aliphatic heterocycles. The summed E-state index contributed by atoms with van der Waals surface area (Å²) in [7, 11) is 0. The number of allylic oxidation sites excluding steroid dienone is 2. The number of ether oxygens (including phenoxy) is 1. The number of hydrogen-bond acceptors (Lipinski definition) is 3. The number of carbonyl (C=O) groups excluding carboxylic acids is 1. The van der Waals surface area contributed by atoms with Gasteiger partial charge >= 0.3 is 5.97 Å². The van der Waals surface area contributed by atoms with Crippen LogP contribution in [0.15, 0.2) is 42.5 Å². The van der Waals surface area contributed by atoms with Crippen LogP contribution < -0.4 is 0 Å². The average molecular weight is 327 g/mol. The molecule has 1 aliphatic carbocycles. The quantitative estimate of drug-likeness (QED) is 0.408. The van der Waals surface area contributed by atoms with Crippen LogP contribution in [0.2, 0.25) is 0 Å². The van der Waals surface area contributed by atoms with Crippen molar-refractivity contribution in [3.63, 3.8) is 0 Å². The summed E-state index contributed by atoms with van der Waals surface area (Å²) < 4.78 is 5.64. The van der Waals surface area contributed by atoms with Gasteiger partial charge in [0.2, 0.25) is 0 Å². The van der Waals surface area contributed by atoms with Crippen molar-refractivity contribution in [1.82, 2.24) is 4.90 Å². The van der Waals surface area contributed by atoms with Gasteiger partial charge in [0.1, 0.15) is 0 Å². The number of likely N-dealkylation sites (tertiary alicyclic amines) is 1. The molecule has 0 aromatic heterocycles.